The topological polar surface area (TPSA) is 73.6 Å². The van der Waals surface area contributed by atoms with Gasteiger partial charge < -0.3 is 20.5 Å². The van der Waals surface area contributed by atoms with Gasteiger partial charge in [-0.3, -0.25) is 4.79 Å². The van der Waals surface area contributed by atoms with Crippen LogP contribution in [0.1, 0.15) is 20.8 Å². The van der Waals surface area contributed by atoms with Crippen molar-refractivity contribution in [3.8, 4) is 5.75 Å². The number of carbonyl (C=O) groups excluding carboxylic acids is 1. The van der Waals surface area contributed by atoms with Gasteiger partial charge in [0.2, 0.25) is 5.91 Å². The van der Waals surface area contributed by atoms with Gasteiger partial charge in [-0.1, -0.05) is 0 Å². The average Bonchev–Trinajstić information content (AvgIpc) is 2.30. The van der Waals surface area contributed by atoms with Crippen molar-refractivity contribution in [1.82, 2.24) is 0 Å². The van der Waals surface area contributed by atoms with Crippen molar-refractivity contribution in [2.24, 2.45) is 5.73 Å². The number of carbonyl (C=O) groups is 1. The first kappa shape index (κ1) is 15.5. The summed E-state index contributed by atoms with van der Waals surface area (Å²) in [5.74, 6) is 0.484. The zero-order chi connectivity index (χ0) is 14.5. The second kappa shape index (κ2) is 6.54. The summed E-state index contributed by atoms with van der Waals surface area (Å²) in [6, 6.07) is 6.50. The SMILES string of the molecule is COCC(N)C(=O)Nc1ccc(OC(C)(C)C)cc1. The van der Waals surface area contributed by atoms with E-state index in [1.807, 2.05) is 32.9 Å². The Bertz CT molecular complexity index is 410. The number of rotatable bonds is 5. The van der Waals surface area contributed by atoms with E-state index < -0.39 is 6.04 Å². The Morgan fingerprint density at radius 2 is 1.89 bits per heavy atom. The molecule has 1 amide bonds. The second-order valence-corrected chi connectivity index (χ2v) is 5.29. The monoisotopic (exact) mass is 266 g/mol. The summed E-state index contributed by atoms with van der Waals surface area (Å²) in [6.07, 6.45) is 0. The summed E-state index contributed by atoms with van der Waals surface area (Å²) in [6.45, 7) is 6.13. The van der Waals surface area contributed by atoms with Gasteiger partial charge in [0.25, 0.3) is 0 Å². The third kappa shape index (κ3) is 5.72. The minimum Gasteiger partial charge on any atom is -0.488 e. The fourth-order valence-electron chi connectivity index (χ4n) is 1.45. The molecule has 1 rings (SSSR count). The number of hydrogen-bond acceptors (Lipinski definition) is 4. The molecule has 0 heterocycles. The first-order valence-electron chi connectivity index (χ1n) is 6.16. The molecule has 106 valence electrons. The zero-order valence-electron chi connectivity index (χ0n) is 11.9. The van der Waals surface area contributed by atoms with Gasteiger partial charge in [-0.15, -0.1) is 0 Å². The Balaban J connectivity index is 2.59. The van der Waals surface area contributed by atoms with Gasteiger partial charge >= 0.3 is 0 Å². The van der Waals surface area contributed by atoms with Crippen LogP contribution in [0.4, 0.5) is 5.69 Å². The van der Waals surface area contributed by atoms with Crippen LogP contribution in [0.25, 0.3) is 0 Å². The predicted molar refractivity (Wildman–Crippen MR) is 75.3 cm³/mol. The fraction of sp³-hybridized carbons (Fsp3) is 0.500. The van der Waals surface area contributed by atoms with E-state index in [2.05, 4.69) is 5.32 Å². The summed E-state index contributed by atoms with van der Waals surface area (Å²) < 4.78 is 10.5. The molecule has 1 aromatic rings. The Kier molecular flexibility index (Phi) is 5.32. The highest BCUT2D eigenvalue weighted by Crippen LogP contribution is 2.20. The lowest BCUT2D eigenvalue weighted by atomic mass is 10.2. The predicted octanol–water partition coefficient (Wildman–Crippen LogP) is 1.78. The minimum atomic E-state index is -0.671. The van der Waals surface area contributed by atoms with Gasteiger partial charge in [0.1, 0.15) is 17.4 Å². The maximum Gasteiger partial charge on any atom is 0.243 e. The molecule has 0 aliphatic rings. The van der Waals surface area contributed by atoms with Crippen LogP contribution < -0.4 is 15.8 Å². The molecule has 0 aromatic heterocycles. The van der Waals surface area contributed by atoms with Crippen molar-refractivity contribution in [3.63, 3.8) is 0 Å². The molecular formula is C14H22N2O3. The van der Waals surface area contributed by atoms with Crippen LogP contribution in [-0.2, 0) is 9.53 Å². The number of methoxy groups -OCH3 is 1. The van der Waals surface area contributed by atoms with E-state index in [4.69, 9.17) is 15.2 Å². The van der Waals surface area contributed by atoms with Gasteiger partial charge in [-0.25, -0.2) is 0 Å². The number of hydrogen-bond donors (Lipinski definition) is 2. The second-order valence-electron chi connectivity index (χ2n) is 5.29. The Morgan fingerprint density at radius 1 is 1.32 bits per heavy atom. The fourth-order valence-corrected chi connectivity index (χ4v) is 1.45. The van der Waals surface area contributed by atoms with Crippen LogP contribution in [0.5, 0.6) is 5.75 Å². The first-order valence-corrected chi connectivity index (χ1v) is 6.16. The van der Waals surface area contributed by atoms with E-state index in [-0.39, 0.29) is 18.1 Å². The Labute approximate surface area is 114 Å². The minimum absolute atomic E-state index is 0.192. The van der Waals surface area contributed by atoms with E-state index in [0.717, 1.165) is 5.75 Å². The molecule has 0 saturated heterocycles. The van der Waals surface area contributed by atoms with Crippen molar-refractivity contribution >= 4 is 11.6 Å². The van der Waals surface area contributed by atoms with Crippen LogP contribution in [0.3, 0.4) is 0 Å². The highest BCUT2D eigenvalue weighted by molar-refractivity contribution is 5.94. The molecule has 0 spiro atoms. The molecule has 19 heavy (non-hydrogen) atoms. The van der Waals surface area contributed by atoms with Crippen LogP contribution in [0.2, 0.25) is 0 Å². The molecule has 0 fully saturated rings. The third-order valence-electron chi connectivity index (χ3n) is 2.23. The molecule has 1 aromatic carbocycles. The van der Waals surface area contributed by atoms with E-state index in [9.17, 15) is 4.79 Å². The van der Waals surface area contributed by atoms with Gasteiger partial charge in [-0.2, -0.15) is 0 Å². The van der Waals surface area contributed by atoms with Gasteiger partial charge in [-0.05, 0) is 45.0 Å². The molecule has 0 saturated carbocycles. The van der Waals surface area contributed by atoms with Crippen molar-refractivity contribution < 1.29 is 14.3 Å². The lowest BCUT2D eigenvalue weighted by molar-refractivity contribution is -0.118. The van der Waals surface area contributed by atoms with Crippen LogP contribution in [0.15, 0.2) is 24.3 Å². The smallest absolute Gasteiger partial charge is 0.243 e. The molecule has 0 aliphatic carbocycles. The normalized spacial score (nSPS) is 12.9. The average molecular weight is 266 g/mol. The zero-order valence-corrected chi connectivity index (χ0v) is 11.9. The maximum absolute atomic E-state index is 11.7. The van der Waals surface area contributed by atoms with Gasteiger partial charge in [0, 0.05) is 12.8 Å². The van der Waals surface area contributed by atoms with Crippen molar-refractivity contribution in [2.75, 3.05) is 19.0 Å². The number of ether oxygens (including phenoxy) is 2. The third-order valence-corrected chi connectivity index (χ3v) is 2.23. The first-order chi connectivity index (χ1) is 8.81. The molecule has 5 heteroatoms. The number of nitrogens with two attached hydrogens (primary N) is 1. The van der Waals surface area contributed by atoms with E-state index in [1.165, 1.54) is 7.11 Å². The lowest BCUT2D eigenvalue weighted by Crippen LogP contribution is -2.39. The summed E-state index contributed by atoms with van der Waals surface area (Å²) in [5.41, 5.74) is 6.06. The molecule has 1 atom stereocenters. The summed E-state index contributed by atoms with van der Waals surface area (Å²) in [4.78, 5) is 11.7. The van der Waals surface area contributed by atoms with E-state index in [1.54, 1.807) is 12.1 Å². The largest absolute Gasteiger partial charge is 0.488 e. The quantitative estimate of drug-likeness (QED) is 0.852. The summed E-state index contributed by atoms with van der Waals surface area (Å²) >= 11 is 0. The summed E-state index contributed by atoms with van der Waals surface area (Å²) in [7, 11) is 1.51. The van der Waals surface area contributed by atoms with Gasteiger partial charge in [0.15, 0.2) is 0 Å². The standard InChI is InChI=1S/C14H22N2O3/c1-14(2,3)19-11-7-5-10(6-8-11)16-13(17)12(15)9-18-4/h5-8,12H,9,15H2,1-4H3,(H,16,17). The molecule has 0 aliphatic heterocycles. The van der Waals surface area contributed by atoms with Crippen molar-refractivity contribution in [3.05, 3.63) is 24.3 Å². The molecule has 0 bridgehead atoms. The molecule has 5 nitrogen and oxygen atoms in total. The molecule has 0 radical (unpaired) electrons. The summed E-state index contributed by atoms with van der Waals surface area (Å²) in [5, 5.41) is 2.72. The van der Waals surface area contributed by atoms with Crippen molar-refractivity contribution in [2.45, 2.75) is 32.4 Å². The molecular weight excluding hydrogens is 244 g/mol. The number of amides is 1. The van der Waals surface area contributed by atoms with Crippen LogP contribution >= 0.6 is 0 Å². The number of anilines is 1. The number of benzene rings is 1. The molecule has 1 unspecified atom stereocenters. The Hall–Kier alpha value is -1.59. The van der Waals surface area contributed by atoms with Crippen LogP contribution in [0, 0.1) is 0 Å². The lowest BCUT2D eigenvalue weighted by Gasteiger charge is -2.21. The van der Waals surface area contributed by atoms with Crippen LogP contribution in [-0.4, -0.2) is 31.3 Å². The van der Waals surface area contributed by atoms with E-state index >= 15 is 0 Å². The van der Waals surface area contributed by atoms with Gasteiger partial charge in [0.05, 0.1) is 6.61 Å². The number of nitrogens with one attached hydrogen (secondary N) is 1. The Morgan fingerprint density at radius 3 is 2.37 bits per heavy atom. The highest BCUT2D eigenvalue weighted by atomic mass is 16.5. The van der Waals surface area contributed by atoms with Crippen molar-refractivity contribution in [1.29, 1.82) is 0 Å². The highest BCUT2D eigenvalue weighted by Gasteiger charge is 2.14. The van der Waals surface area contributed by atoms with E-state index in [0.29, 0.717) is 5.69 Å². The maximum atomic E-state index is 11.7. The molecule has 3 N–H and O–H groups in total.